The molecule has 0 spiro atoms. The maximum Gasteiger partial charge on any atom is 0.161 e. The van der Waals surface area contributed by atoms with Crippen molar-refractivity contribution in [2.75, 3.05) is 13.7 Å². The predicted octanol–water partition coefficient (Wildman–Crippen LogP) is 7.54. The Balaban J connectivity index is 1.53. The average Bonchev–Trinajstić information content (AvgIpc) is 2.79. The molecule has 3 rings (SSSR count). The van der Waals surface area contributed by atoms with Gasteiger partial charge in [0.05, 0.1) is 24.9 Å². The number of fused-ring (bicyclic) bond motifs is 1. The zero-order valence-electron chi connectivity index (χ0n) is 18.3. The van der Waals surface area contributed by atoms with Crippen LogP contribution in [0.3, 0.4) is 0 Å². The fourth-order valence-electron chi connectivity index (χ4n) is 3.50. The van der Waals surface area contributed by atoms with Crippen LogP contribution < -0.4 is 9.47 Å². The van der Waals surface area contributed by atoms with Crippen molar-refractivity contribution in [3.05, 3.63) is 65.9 Å². The molecule has 0 N–H and O–H groups in total. The SMILES string of the molecule is CCCCCCCCCOc1ccc(C=Cc2ccc3ccccc3n2)cc1OC. The van der Waals surface area contributed by atoms with Crippen molar-refractivity contribution in [3.8, 4) is 11.5 Å². The molecule has 158 valence electrons. The lowest BCUT2D eigenvalue weighted by molar-refractivity contribution is 0.284. The van der Waals surface area contributed by atoms with E-state index < -0.39 is 0 Å². The second-order valence-electron chi connectivity index (χ2n) is 7.64. The summed E-state index contributed by atoms with van der Waals surface area (Å²) in [4.78, 5) is 4.69. The van der Waals surface area contributed by atoms with Gasteiger partial charge in [0.1, 0.15) is 0 Å². The molecule has 30 heavy (non-hydrogen) atoms. The molecule has 0 aliphatic carbocycles. The number of rotatable bonds is 12. The fraction of sp³-hybridized carbons (Fsp3) is 0.370. The van der Waals surface area contributed by atoms with Crippen LogP contribution in [-0.4, -0.2) is 18.7 Å². The number of aromatic nitrogens is 1. The van der Waals surface area contributed by atoms with Crippen LogP contribution in [0.1, 0.15) is 63.1 Å². The molecule has 0 unspecified atom stereocenters. The number of ether oxygens (including phenoxy) is 2. The van der Waals surface area contributed by atoms with Gasteiger partial charge in [0.15, 0.2) is 11.5 Å². The summed E-state index contributed by atoms with van der Waals surface area (Å²) in [6, 6.07) is 18.4. The first-order valence-corrected chi connectivity index (χ1v) is 11.1. The summed E-state index contributed by atoms with van der Waals surface area (Å²) in [5.41, 5.74) is 3.00. The monoisotopic (exact) mass is 403 g/mol. The minimum absolute atomic E-state index is 0.736. The van der Waals surface area contributed by atoms with Gasteiger partial charge in [0.2, 0.25) is 0 Å². The number of pyridine rings is 1. The normalized spacial score (nSPS) is 11.3. The smallest absolute Gasteiger partial charge is 0.161 e. The molecule has 0 aliphatic heterocycles. The number of benzene rings is 2. The van der Waals surface area contributed by atoms with Crippen molar-refractivity contribution in [3.63, 3.8) is 0 Å². The van der Waals surface area contributed by atoms with Gasteiger partial charge in [-0.15, -0.1) is 0 Å². The second kappa shape index (κ2) is 12.0. The Kier molecular flexibility index (Phi) is 8.77. The van der Waals surface area contributed by atoms with Gasteiger partial charge >= 0.3 is 0 Å². The molecule has 0 saturated carbocycles. The van der Waals surface area contributed by atoms with Crippen molar-refractivity contribution in [1.82, 2.24) is 4.98 Å². The van der Waals surface area contributed by atoms with E-state index in [0.717, 1.165) is 46.7 Å². The van der Waals surface area contributed by atoms with E-state index in [1.54, 1.807) is 7.11 Å². The zero-order valence-corrected chi connectivity index (χ0v) is 18.3. The minimum atomic E-state index is 0.736. The van der Waals surface area contributed by atoms with Gasteiger partial charge in [-0.3, -0.25) is 0 Å². The lowest BCUT2D eigenvalue weighted by Crippen LogP contribution is -1.99. The van der Waals surface area contributed by atoms with Gasteiger partial charge in [-0.2, -0.15) is 0 Å². The highest BCUT2D eigenvalue weighted by atomic mass is 16.5. The summed E-state index contributed by atoms with van der Waals surface area (Å²) >= 11 is 0. The highest BCUT2D eigenvalue weighted by Crippen LogP contribution is 2.29. The molecule has 1 aromatic heterocycles. The first-order chi connectivity index (χ1) is 14.8. The molecule has 0 aliphatic rings. The van der Waals surface area contributed by atoms with Gasteiger partial charge < -0.3 is 9.47 Å². The molecule has 0 atom stereocenters. The fourth-order valence-corrected chi connectivity index (χ4v) is 3.50. The van der Waals surface area contributed by atoms with Crippen molar-refractivity contribution in [1.29, 1.82) is 0 Å². The Morgan fingerprint density at radius 3 is 2.43 bits per heavy atom. The van der Waals surface area contributed by atoms with Crippen LogP contribution in [0.25, 0.3) is 23.1 Å². The molecular formula is C27H33NO2. The maximum atomic E-state index is 5.96. The lowest BCUT2D eigenvalue weighted by atomic mass is 10.1. The number of methoxy groups -OCH3 is 1. The summed E-state index contributed by atoms with van der Waals surface area (Å²) in [7, 11) is 1.69. The van der Waals surface area contributed by atoms with Gasteiger partial charge in [0, 0.05) is 5.39 Å². The Morgan fingerprint density at radius 1 is 0.800 bits per heavy atom. The molecule has 3 heteroatoms. The number of hydrogen-bond donors (Lipinski definition) is 0. The van der Waals surface area contributed by atoms with E-state index in [-0.39, 0.29) is 0 Å². The first kappa shape index (κ1) is 21.9. The zero-order chi connectivity index (χ0) is 21.0. The van der Waals surface area contributed by atoms with Gasteiger partial charge in [0.25, 0.3) is 0 Å². The van der Waals surface area contributed by atoms with Crippen molar-refractivity contribution in [2.24, 2.45) is 0 Å². The molecule has 2 aromatic carbocycles. The van der Waals surface area contributed by atoms with E-state index in [0.29, 0.717) is 0 Å². The molecular weight excluding hydrogens is 370 g/mol. The van der Waals surface area contributed by atoms with Crippen LogP contribution >= 0.6 is 0 Å². The van der Waals surface area contributed by atoms with Gasteiger partial charge in [-0.1, -0.05) is 81.9 Å². The second-order valence-corrected chi connectivity index (χ2v) is 7.64. The molecule has 1 heterocycles. The van der Waals surface area contributed by atoms with Crippen molar-refractivity contribution < 1.29 is 9.47 Å². The summed E-state index contributed by atoms with van der Waals surface area (Å²) in [6.07, 6.45) is 13.0. The maximum absolute atomic E-state index is 5.96. The molecule has 0 saturated heterocycles. The minimum Gasteiger partial charge on any atom is -0.493 e. The number of nitrogens with zero attached hydrogens (tertiary/aromatic N) is 1. The number of unbranched alkanes of at least 4 members (excludes halogenated alkanes) is 6. The van der Waals surface area contributed by atoms with Gasteiger partial charge in [-0.05, 0) is 42.3 Å². The average molecular weight is 404 g/mol. The van der Waals surface area contributed by atoms with E-state index >= 15 is 0 Å². The highest BCUT2D eigenvalue weighted by molar-refractivity contribution is 5.80. The van der Waals surface area contributed by atoms with Crippen LogP contribution in [0.2, 0.25) is 0 Å². The standard InChI is InChI=1S/C27H33NO2/c1-3-4-5-6-7-8-11-20-30-26-19-15-22(21-27(26)29-2)14-17-24-18-16-23-12-9-10-13-25(23)28-24/h9-10,12-19,21H,3-8,11,20H2,1-2H3. The molecule has 3 nitrogen and oxygen atoms in total. The summed E-state index contributed by atoms with van der Waals surface area (Å²) in [5.74, 6) is 1.58. The van der Waals surface area contributed by atoms with E-state index in [1.165, 1.54) is 38.5 Å². The van der Waals surface area contributed by atoms with Crippen LogP contribution in [0.4, 0.5) is 0 Å². The van der Waals surface area contributed by atoms with E-state index in [4.69, 9.17) is 9.47 Å². The van der Waals surface area contributed by atoms with Crippen LogP contribution in [0, 0.1) is 0 Å². The van der Waals surface area contributed by atoms with E-state index in [1.807, 2.05) is 42.5 Å². The van der Waals surface area contributed by atoms with Crippen molar-refractivity contribution >= 4 is 23.1 Å². The quantitative estimate of drug-likeness (QED) is 0.293. The largest absolute Gasteiger partial charge is 0.493 e. The van der Waals surface area contributed by atoms with Crippen molar-refractivity contribution in [2.45, 2.75) is 51.9 Å². The Morgan fingerprint density at radius 2 is 1.60 bits per heavy atom. The van der Waals surface area contributed by atoms with Gasteiger partial charge in [-0.25, -0.2) is 4.98 Å². The molecule has 0 amide bonds. The summed E-state index contributed by atoms with van der Waals surface area (Å²) < 4.78 is 11.5. The van der Waals surface area contributed by atoms with E-state index in [2.05, 4.69) is 36.2 Å². The Hall–Kier alpha value is -2.81. The first-order valence-electron chi connectivity index (χ1n) is 11.1. The molecule has 0 fully saturated rings. The number of hydrogen-bond acceptors (Lipinski definition) is 3. The third-order valence-electron chi connectivity index (χ3n) is 5.26. The number of para-hydroxylation sites is 1. The predicted molar refractivity (Wildman–Crippen MR) is 127 cm³/mol. The van der Waals surface area contributed by atoms with Crippen LogP contribution in [0.5, 0.6) is 11.5 Å². The highest BCUT2D eigenvalue weighted by Gasteiger charge is 2.05. The lowest BCUT2D eigenvalue weighted by Gasteiger charge is -2.11. The molecule has 3 aromatic rings. The van der Waals surface area contributed by atoms with E-state index in [9.17, 15) is 0 Å². The molecule has 0 bridgehead atoms. The summed E-state index contributed by atoms with van der Waals surface area (Å²) in [5, 5.41) is 1.15. The Bertz CT molecular complexity index is 949. The molecule has 0 radical (unpaired) electrons. The van der Waals surface area contributed by atoms with Crippen LogP contribution in [0.15, 0.2) is 54.6 Å². The summed E-state index contributed by atoms with van der Waals surface area (Å²) in [6.45, 7) is 2.99. The topological polar surface area (TPSA) is 31.4 Å². The Labute approximate surface area is 180 Å². The third-order valence-corrected chi connectivity index (χ3v) is 5.26. The third kappa shape index (κ3) is 6.62. The van der Waals surface area contributed by atoms with Crippen LogP contribution in [-0.2, 0) is 0 Å².